The number of halogens is 1. The molecule has 0 spiro atoms. The summed E-state index contributed by atoms with van der Waals surface area (Å²) in [5.41, 5.74) is 0.264. The van der Waals surface area contributed by atoms with Crippen molar-refractivity contribution in [3.05, 3.63) is 40.7 Å². The third kappa shape index (κ3) is 3.99. The Morgan fingerprint density at radius 2 is 1.64 bits per heavy atom. The molecule has 2 aromatic rings. The predicted molar refractivity (Wildman–Crippen MR) is 87.4 cm³/mol. The highest BCUT2D eigenvalue weighted by Crippen LogP contribution is 2.27. The minimum Gasteiger partial charge on any atom is -0.279 e. The molecule has 0 fully saturated rings. The van der Waals surface area contributed by atoms with E-state index in [1.807, 2.05) is 0 Å². The first kappa shape index (κ1) is 17.2. The van der Waals surface area contributed by atoms with Gasteiger partial charge in [0, 0.05) is 12.2 Å². The Hall–Kier alpha value is -1.13. The van der Waals surface area contributed by atoms with Crippen LogP contribution in [0.25, 0.3) is 0 Å². The van der Waals surface area contributed by atoms with E-state index in [2.05, 4.69) is 9.44 Å². The lowest BCUT2D eigenvalue weighted by atomic mass is 10.3. The van der Waals surface area contributed by atoms with Crippen molar-refractivity contribution in [1.82, 2.24) is 4.72 Å². The number of hydrogen-bond donors (Lipinski definition) is 2. The van der Waals surface area contributed by atoms with Crippen molar-refractivity contribution in [1.29, 1.82) is 0 Å². The average molecular weight is 381 g/mol. The summed E-state index contributed by atoms with van der Waals surface area (Å²) in [6.07, 6.45) is 0. The second-order valence-corrected chi connectivity index (χ2v) is 9.58. The number of benzene rings is 1. The Bertz CT molecular complexity index is 858. The highest BCUT2D eigenvalue weighted by Gasteiger charge is 2.17. The molecule has 0 aliphatic carbocycles. The Balaban J connectivity index is 2.22. The third-order valence-corrected chi connectivity index (χ3v) is 7.23. The van der Waals surface area contributed by atoms with E-state index >= 15 is 0 Å². The van der Waals surface area contributed by atoms with Gasteiger partial charge in [-0.2, -0.15) is 0 Å². The molecule has 0 bridgehead atoms. The molecule has 0 amide bonds. The molecule has 0 aliphatic rings. The number of hydrogen-bond acceptors (Lipinski definition) is 5. The van der Waals surface area contributed by atoms with E-state index in [1.165, 1.54) is 36.4 Å². The fourth-order valence-corrected chi connectivity index (χ4v) is 5.21. The van der Waals surface area contributed by atoms with Crippen LogP contribution in [0.15, 0.2) is 45.5 Å². The minimum atomic E-state index is -3.73. The molecule has 1 heterocycles. The zero-order chi connectivity index (χ0) is 16.4. The van der Waals surface area contributed by atoms with Gasteiger partial charge in [0.2, 0.25) is 10.0 Å². The molecule has 0 atom stereocenters. The van der Waals surface area contributed by atoms with Crippen LogP contribution < -0.4 is 9.44 Å². The lowest BCUT2D eigenvalue weighted by Crippen LogP contribution is -2.23. The van der Waals surface area contributed by atoms with E-state index in [0.717, 1.165) is 11.3 Å². The maximum Gasteiger partial charge on any atom is 0.271 e. The maximum absolute atomic E-state index is 12.1. The largest absolute Gasteiger partial charge is 0.279 e. The first-order chi connectivity index (χ1) is 10.2. The van der Waals surface area contributed by atoms with Crippen molar-refractivity contribution in [3.63, 3.8) is 0 Å². The van der Waals surface area contributed by atoms with Crippen molar-refractivity contribution < 1.29 is 16.8 Å². The highest BCUT2D eigenvalue weighted by molar-refractivity contribution is 7.94. The van der Waals surface area contributed by atoms with E-state index in [0.29, 0.717) is 4.34 Å². The van der Waals surface area contributed by atoms with Gasteiger partial charge in [0.15, 0.2) is 0 Å². The number of thiophene rings is 1. The molecule has 120 valence electrons. The molecule has 1 aromatic heterocycles. The van der Waals surface area contributed by atoms with Crippen LogP contribution in [0.2, 0.25) is 4.34 Å². The van der Waals surface area contributed by atoms with Crippen molar-refractivity contribution in [3.8, 4) is 0 Å². The van der Waals surface area contributed by atoms with Gasteiger partial charge in [-0.25, -0.2) is 21.6 Å². The topological polar surface area (TPSA) is 92.3 Å². The SMILES string of the molecule is CCNS(=O)(=O)c1ccc(NS(=O)(=O)c2ccc(Cl)s2)cc1. The standard InChI is InChI=1S/C12H13ClN2O4S3/c1-2-14-21(16,17)10-5-3-9(4-6-10)15-22(18,19)12-8-7-11(13)20-12/h3-8,14-15H,2H2,1H3. The summed E-state index contributed by atoms with van der Waals surface area (Å²) < 4.78 is 53.0. The van der Waals surface area contributed by atoms with Crippen LogP contribution in [0.1, 0.15) is 6.92 Å². The van der Waals surface area contributed by atoms with Crippen LogP contribution in [0.5, 0.6) is 0 Å². The van der Waals surface area contributed by atoms with Gasteiger partial charge in [-0.15, -0.1) is 11.3 Å². The van der Waals surface area contributed by atoms with Gasteiger partial charge in [0.1, 0.15) is 4.21 Å². The number of nitrogens with one attached hydrogen (secondary N) is 2. The van der Waals surface area contributed by atoms with Gasteiger partial charge in [0.25, 0.3) is 10.0 Å². The maximum atomic E-state index is 12.1. The molecule has 2 N–H and O–H groups in total. The molecule has 22 heavy (non-hydrogen) atoms. The molecule has 0 unspecified atom stereocenters. The summed E-state index contributed by atoms with van der Waals surface area (Å²) in [5.74, 6) is 0. The van der Waals surface area contributed by atoms with E-state index in [4.69, 9.17) is 11.6 Å². The van der Waals surface area contributed by atoms with Crippen molar-refractivity contribution in [2.24, 2.45) is 0 Å². The van der Waals surface area contributed by atoms with Crippen LogP contribution in [-0.2, 0) is 20.0 Å². The summed E-state index contributed by atoms with van der Waals surface area (Å²) in [6, 6.07) is 8.33. The van der Waals surface area contributed by atoms with E-state index in [1.54, 1.807) is 6.92 Å². The second-order valence-electron chi connectivity index (χ2n) is 4.19. The molecule has 6 nitrogen and oxygen atoms in total. The molecule has 0 saturated carbocycles. The zero-order valence-electron chi connectivity index (χ0n) is 11.4. The summed E-state index contributed by atoms with van der Waals surface area (Å²) in [6.45, 7) is 1.95. The molecule has 10 heteroatoms. The van der Waals surface area contributed by atoms with Gasteiger partial charge in [0.05, 0.1) is 9.23 Å². The molecule has 2 rings (SSSR count). The Morgan fingerprint density at radius 1 is 1.00 bits per heavy atom. The highest BCUT2D eigenvalue weighted by atomic mass is 35.5. The minimum absolute atomic E-state index is 0.0662. The molecule has 0 saturated heterocycles. The van der Waals surface area contributed by atoms with E-state index in [-0.39, 0.29) is 21.3 Å². The number of sulfonamides is 2. The smallest absolute Gasteiger partial charge is 0.271 e. The first-order valence-electron chi connectivity index (χ1n) is 6.12. The first-order valence-corrected chi connectivity index (χ1v) is 10.3. The zero-order valence-corrected chi connectivity index (χ0v) is 14.6. The summed E-state index contributed by atoms with van der Waals surface area (Å²) in [5, 5.41) is 0. The molecule has 1 aromatic carbocycles. The predicted octanol–water partition coefficient (Wildman–Crippen LogP) is 2.50. The van der Waals surface area contributed by atoms with Crippen molar-refractivity contribution in [2.75, 3.05) is 11.3 Å². The van der Waals surface area contributed by atoms with E-state index in [9.17, 15) is 16.8 Å². The summed E-state index contributed by atoms with van der Waals surface area (Å²) in [4.78, 5) is 0.0662. The third-order valence-electron chi connectivity index (χ3n) is 2.56. The van der Waals surface area contributed by atoms with Gasteiger partial charge >= 0.3 is 0 Å². The molecule has 0 radical (unpaired) electrons. The van der Waals surface area contributed by atoms with Crippen molar-refractivity contribution in [2.45, 2.75) is 16.0 Å². The van der Waals surface area contributed by atoms with E-state index < -0.39 is 20.0 Å². The van der Waals surface area contributed by atoms with Crippen LogP contribution in [-0.4, -0.2) is 23.4 Å². The van der Waals surface area contributed by atoms with Gasteiger partial charge < -0.3 is 0 Å². The summed E-state index contributed by atoms with van der Waals surface area (Å²) >= 11 is 6.66. The lowest BCUT2D eigenvalue weighted by Gasteiger charge is -2.08. The Labute approximate surface area is 138 Å². The average Bonchev–Trinajstić information content (AvgIpc) is 2.86. The monoisotopic (exact) mass is 380 g/mol. The number of anilines is 1. The van der Waals surface area contributed by atoms with Gasteiger partial charge in [-0.1, -0.05) is 18.5 Å². The lowest BCUT2D eigenvalue weighted by molar-refractivity contribution is 0.584. The Kier molecular flexibility index (Phi) is 5.13. The van der Waals surface area contributed by atoms with Gasteiger partial charge in [-0.3, -0.25) is 4.72 Å². The van der Waals surface area contributed by atoms with Crippen LogP contribution in [0, 0.1) is 0 Å². The molecule has 0 aliphatic heterocycles. The second kappa shape index (κ2) is 6.55. The molecular formula is C12H13ClN2O4S3. The Morgan fingerprint density at radius 3 is 2.14 bits per heavy atom. The van der Waals surface area contributed by atoms with Crippen molar-refractivity contribution >= 4 is 48.7 Å². The normalized spacial score (nSPS) is 12.3. The number of rotatable bonds is 6. The molecular weight excluding hydrogens is 368 g/mol. The fourth-order valence-electron chi connectivity index (χ4n) is 1.62. The van der Waals surface area contributed by atoms with Crippen LogP contribution >= 0.6 is 22.9 Å². The van der Waals surface area contributed by atoms with Gasteiger partial charge in [-0.05, 0) is 36.4 Å². The summed E-state index contributed by atoms with van der Waals surface area (Å²) in [7, 11) is -7.29. The van der Waals surface area contributed by atoms with Crippen LogP contribution in [0.3, 0.4) is 0 Å². The fraction of sp³-hybridized carbons (Fsp3) is 0.167. The van der Waals surface area contributed by atoms with Crippen LogP contribution in [0.4, 0.5) is 5.69 Å². The quantitative estimate of drug-likeness (QED) is 0.805.